The number of benzene rings is 2. The molecule has 0 bridgehead atoms. The van der Waals surface area contributed by atoms with E-state index in [0.717, 1.165) is 6.08 Å². The predicted molar refractivity (Wildman–Crippen MR) is 109 cm³/mol. The molecule has 0 saturated heterocycles. The van der Waals surface area contributed by atoms with Crippen molar-refractivity contribution in [2.24, 2.45) is 5.73 Å². The third kappa shape index (κ3) is 5.07. The Balaban J connectivity index is 3.41. The van der Waals surface area contributed by atoms with Gasteiger partial charge in [0.05, 0.1) is 5.69 Å². The van der Waals surface area contributed by atoms with Gasteiger partial charge in [-0.2, -0.15) is 33.7 Å². The lowest BCUT2D eigenvalue weighted by molar-refractivity contribution is 0.447. The fraction of sp³-hybridized carbons (Fsp3) is 0. The van der Waals surface area contributed by atoms with Crippen molar-refractivity contribution < 1.29 is 51.9 Å². The lowest BCUT2D eigenvalue weighted by atomic mass is 10.1. The fourth-order valence-corrected chi connectivity index (χ4v) is 7.65. The highest BCUT2D eigenvalue weighted by Gasteiger charge is 2.43. The standard InChI is InChI=1S/C14H14N2O12S4/c15-8(6-7-4-2-1-3-5-7)9-10(16)12(30(20,21)22)14(32(26,27)28)13(31(23,24)25)11(9)29(17,18)19/h1-6H,15-16H2,(H,17,18,19)(H,20,21,22)(H,23,24,25)(H,26,27,28). The van der Waals surface area contributed by atoms with Gasteiger partial charge in [0.15, 0.2) is 0 Å². The molecule has 0 amide bonds. The topological polar surface area (TPSA) is 270 Å². The summed E-state index contributed by atoms with van der Waals surface area (Å²) in [6.07, 6.45) is 0.926. The molecular formula is C14H14N2O12S4. The van der Waals surface area contributed by atoms with Crippen molar-refractivity contribution in [1.29, 1.82) is 0 Å². The minimum Gasteiger partial charge on any atom is -0.398 e. The van der Waals surface area contributed by atoms with Crippen LogP contribution in [0.1, 0.15) is 11.1 Å². The van der Waals surface area contributed by atoms with Gasteiger partial charge in [-0.05, 0) is 11.6 Å². The average molecular weight is 531 g/mol. The van der Waals surface area contributed by atoms with Crippen molar-refractivity contribution >= 4 is 57.9 Å². The maximum atomic E-state index is 12.0. The van der Waals surface area contributed by atoms with Crippen LogP contribution in [-0.2, 0) is 40.5 Å². The average Bonchev–Trinajstić information content (AvgIpc) is 2.57. The molecule has 176 valence electrons. The molecule has 0 saturated carbocycles. The summed E-state index contributed by atoms with van der Waals surface area (Å²) in [4.78, 5) is -8.57. The Kier molecular flexibility index (Phi) is 6.49. The molecule has 8 N–H and O–H groups in total. The van der Waals surface area contributed by atoms with Crippen LogP contribution in [-0.4, -0.2) is 51.9 Å². The minimum atomic E-state index is -6.05. The second-order valence-electron chi connectivity index (χ2n) is 6.02. The maximum Gasteiger partial charge on any atom is 0.298 e. The van der Waals surface area contributed by atoms with Gasteiger partial charge in [-0.25, -0.2) is 0 Å². The first-order valence-electron chi connectivity index (χ1n) is 7.70. The van der Waals surface area contributed by atoms with E-state index in [2.05, 4.69) is 0 Å². The molecule has 0 radical (unpaired) electrons. The molecule has 0 aliphatic carbocycles. The van der Waals surface area contributed by atoms with Crippen LogP contribution in [0.3, 0.4) is 0 Å². The molecule has 0 aliphatic heterocycles. The summed E-state index contributed by atoms with van der Waals surface area (Å²) < 4.78 is 133. The van der Waals surface area contributed by atoms with Crippen molar-refractivity contribution in [3.8, 4) is 0 Å². The molecule has 0 atom stereocenters. The van der Waals surface area contributed by atoms with Crippen molar-refractivity contribution in [1.82, 2.24) is 0 Å². The van der Waals surface area contributed by atoms with Crippen LogP contribution in [0.4, 0.5) is 5.69 Å². The Hall–Kier alpha value is -2.58. The van der Waals surface area contributed by atoms with E-state index >= 15 is 0 Å². The second kappa shape index (κ2) is 8.08. The zero-order valence-electron chi connectivity index (χ0n) is 15.3. The van der Waals surface area contributed by atoms with Crippen LogP contribution in [0, 0.1) is 0 Å². The van der Waals surface area contributed by atoms with Crippen molar-refractivity contribution in [2.45, 2.75) is 19.6 Å². The molecule has 0 aromatic heterocycles. The fourth-order valence-electron chi connectivity index (χ4n) is 2.74. The molecule has 0 fully saturated rings. The van der Waals surface area contributed by atoms with Crippen molar-refractivity contribution in [3.05, 3.63) is 41.5 Å². The number of rotatable bonds is 6. The summed E-state index contributed by atoms with van der Waals surface area (Å²) in [6.45, 7) is 0. The number of nitrogen functional groups attached to an aromatic ring is 1. The Labute approximate surface area is 182 Å². The lowest BCUT2D eigenvalue weighted by Crippen LogP contribution is -2.23. The van der Waals surface area contributed by atoms with E-state index in [-0.39, 0.29) is 5.56 Å². The predicted octanol–water partition coefficient (Wildman–Crippen LogP) is -0.288. The van der Waals surface area contributed by atoms with E-state index in [4.69, 9.17) is 11.5 Å². The molecule has 0 unspecified atom stereocenters. The van der Waals surface area contributed by atoms with E-state index in [1.807, 2.05) is 0 Å². The number of anilines is 1. The van der Waals surface area contributed by atoms with Gasteiger partial charge in [0, 0.05) is 11.3 Å². The molecule has 2 aromatic carbocycles. The van der Waals surface area contributed by atoms with Gasteiger partial charge in [-0.3, -0.25) is 18.2 Å². The number of hydrogen-bond acceptors (Lipinski definition) is 10. The molecule has 14 nitrogen and oxygen atoms in total. The molecule has 2 rings (SSSR count). The molecular weight excluding hydrogens is 516 g/mol. The van der Waals surface area contributed by atoms with Crippen LogP contribution >= 0.6 is 0 Å². The van der Waals surface area contributed by atoms with Crippen LogP contribution in [0.2, 0.25) is 0 Å². The SMILES string of the molecule is NC(=Cc1ccccc1)c1c(N)c(S(=O)(=O)O)c(S(=O)(=O)O)c(S(=O)(=O)O)c1S(=O)(=O)O. The smallest absolute Gasteiger partial charge is 0.298 e. The Morgan fingerprint density at radius 2 is 1.03 bits per heavy atom. The van der Waals surface area contributed by atoms with E-state index in [0.29, 0.717) is 0 Å². The summed E-state index contributed by atoms with van der Waals surface area (Å²) in [7, 11) is -23.7. The van der Waals surface area contributed by atoms with Crippen LogP contribution in [0.15, 0.2) is 49.9 Å². The van der Waals surface area contributed by atoms with E-state index in [1.54, 1.807) is 6.07 Å². The van der Waals surface area contributed by atoms with Gasteiger partial charge in [-0.1, -0.05) is 30.3 Å². The van der Waals surface area contributed by atoms with E-state index in [9.17, 15) is 51.9 Å². The van der Waals surface area contributed by atoms with Crippen LogP contribution < -0.4 is 11.5 Å². The summed E-state index contributed by atoms with van der Waals surface area (Å²) in [6, 6.07) is 7.34. The monoisotopic (exact) mass is 530 g/mol. The third-order valence-electron chi connectivity index (χ3n) is 3.80. The van der Waals surface area contributed by atoms with Crippen LogP contribution in [0.5, 0.6) is 0 Å². The number of nitrogens with two attached hydrogens (primary N) is 2. The molecule has 2 aromatic rings. The normalized spacial score (nSPS) is 13.8. The molecule has 0 spiro atoms. The second-order valence-corrected chi connectivity index (χ2v) is 11.4. The minimum absolute atomic E-state index is 0.214. The summed E-state index contributed by atoms with van der Waals surface area (Å²) in [5.41, 5.74) is 7.92. The highest BCUT2D eigenvalue weighted by atomic mass is 32.2. The first kappa shape index (κ1) is 25.7. The van der Waals surface area contributed by atoms with Crippen molar-refractivity contribution in [3.63, 3.8) is 0 Å². The lowest BCUT2D eigenvalue weighted by Gasteiger charge is -2.20. The van der Waals surface area contributed by atoms with Crippen LogP contribution in [0.25, 0.3) is 11.8 Å². The van der Waals surface area contributed by atoms with E-state index < -0.39 is 77.0 Å². The zero-order chi connectivity index (χ0) is 24.9. The highest BCUT2D eigenvalue weighted by Crippen LogP contribution is 2.43. The largest absolute Gasteiger partial charge is 0.398 e. The maximum absolute atomic E-state index is 12.0. The Morgan fingerprint density at radius 3 is 1.41 bits per heavy atom. The Bertz CT molecular complexity index is 1560. The van der Waals surface area contributed by atoms with Crippen molar-refractivity contribution in [2.75, 3.05) is 5.73 Å². The highest BCUT2D eigenvalue weighted by molar-refractivity contribution is 7.91. The van der Waals surface area contributed by atoms with Gasteiger partial charge >= 0.3 is 0 Å². The van der Waals surface area contributed by atoms with E-state index in [1.165, 1.54) is 24.3 Å². The zero-order valence-corrected chi connectivity index (χ0v) is 18.6. The molecule has 0 heterocycles. The Morgan fingerprint density at radius 1 is 0.656 bits per heavy atom. The summed E-state index contributed by atoms with van der Waals surface area (Å²) in [5.74, 6) is 0. The van der Waals surface area contributed by atoms with Gasteiger partial charge < -0.3 is 11.5 Å². The third-order valence-corrected chi connectivity index (χ3v) is 7.90. The molecule has 18 heteroatoms. The van der Waals surface area contributed by atoms with Gasteiger partial charge in [0.25, 0.3) is 40.5 Å². The van der Waals surface area contributed by atoms with Gasteiger partial charge in [-0.15, -0.1) is 0 Å². The number of hydrogen-bond donors (Lipinski definition) is 6. The van der Waals surface area contributed by atoms with Gasteiger partial charge in [0.1, 0.15) is 19.6 Å². The molecule has 0 aliphatic rings. The summed E-state index contributed by atoms with van der Waals surface area (Å²) in [5, 5.41) is 0. The quantitative estimate of drug-likeness (QED) is 0.159. The van der Waals surface area contributed by atoms with Gasteiger partial charge in [0.2, 0.25) is 0 Å². The first-order valence-corrected chi connectivity index (χ1v) is 13.5. The summed E-state index contributed by atoms with van der Waals surface area (Å²) >= 11 is 0. The first-order chi connectivity index (χ1) is 14.3. The molecule has 32 heavy (non-hydrogen) atoms.